The first kappa shape index (κ1) is 25.3. The van der Waals surface area contributed by atoms with Gasteiger partial charge in [-0.15, -0.1) is 0 Å². The molecule has 8 nitrogen and oxygen atoms in total. The largest absolute Gasteiger partial charge is 0.464 e. The van der Waals surface area contributed by atoms with Crippen LogP contribution in [0.3, 0.4) is 0 Å². The molecule has 2 aromatic rings. The van der Waals surface area contributed by atoms with E-state index in [1.807, 2.05) is 13.8 Å². The molecule has 180 valence electrons. The molecule has 2 amide bonds. The average Bonchev–Trinajstić information content (AvgIpc) is 3.40. The fourth-order valence-corrected chi connectivity index (χ4v) is 3.84. The summed E-state index contributed by atoms with van der Waals surface area (Å²) >= 11 is 0.745. The molecule has 0 N–H and O–H groups in total. The molecule has 0 spiro atoms. The summed E-state index contributed by atoms with van der Waals surface area (Å²) in [5.41, 5.74) is 1.20. The van der Waals surface area contributed by atoms with Gasteiger partial charge in [0.1, 0.15) is 18.1 Å². The lowest BCUT2D eigenvalue weighted by molar-refractivity contribution is -0.146. The second-order valence-corrected chi connectivity index (χ2v) is 8.60. The summed E-state index contributed by atoms with van der Waals surface area (Å²) in [7, 11) is 0. The molecule has 3 rings (SSSR count). The maximum Gasteiger partial charge on any atom is 0.338 e. The Labute approximate surface area is 202 Å². The molecular formula is C25H27NO7S. The van der Waals surface area contributed by atoms with E-state index in [-0.39, 0.29) is 17.5 Å². The smallest absolute Gasteiger partial charge is 0.338 e. The maximum atomic E-state index is 12.6. The molecule has 0 atom stereocenters. The summed E-state index contributed by atoms with van der Waals surface area (Å²) in [6.07, 6.45) is 4.83. The number of hydrogen-bond acceptors (Lipinski definition) is 8. The Morgan fingerprint density at radius 2 is 1.65 bits per heavy atom. The summed E-state index contributed by atoms with van der Waals surface area (Å²) in [4.78, 5) is 49.7. The molecule has 1 fully saturated rings. The van der Waals surface area contributed by atoms with E-state index in [4.69, 9.17) is 13.9 Å². The number of carbonyl (C=O) groups is 4. The van der Waals surface area contributed by atoms with Gasteiger partial charge in [-0.1, -0.05) is 38.8 Å². The number of amides is 2. The predicted molar refractivity (Wildman–Crippen MR) is 128 cm³/mol. The Morgan fingerprint density at radius 3 is 2.32 bits per heavy atom. The van der Waals surface area contributed by atoms with E-state index in [0.717, 1.165) is 47.9 Å². The molecule has 1 saturated heterocycles. The predicted octanol–water partition coefficient (Wildman–Crippen LogP) is 5.28. The van der Waals surface area contributed by atoms with Crippen LogP contribution in [0.1, 0.15) is 55.6 Å². The minimum Gasteiger partial charge on any atom is -0.464 e. The van der Waals surface area contributed by atoms with Crippen molar-refractivity contribution in [3.8, 4) is 11.3 Å². The van der Waals surface area contributed by atoms with Crippen LogP contribution in [0.4, 0.5) is 4.79 Å². The third kappa shape index (κ3) is 6.60. The van der Waals surface area contributed by atoms with Crippen molar-refractivity contribution in [1.29, 1.82) is 0 Å². The molecule has 1 aromatic heterocycles. The zero-order valence-corrected chi connectivity index (χ0v) is 20.0. The SMILES string of the molecule is CCCCOC(=O)CN1C(=O)S/C(=C/c2ccc(-c3ccc(C(=O)OCCCC)cc3)o2)C1=O. The van der Waals surface area contributed by atoms with Gasteiger partial charge in [0, 0.05) is 11.6 Å². The van der Waals surface area contributed by atoms with E-state index in [0.29, 0.717) is 23.7 Å². The summed E-state index contributed by atoms with van der Waals surface area (Å²) in [6.45, 7) is 4.23. The Hall–Kier alpha value is -3.33. The summed E-state index contributed by atoms with van der Waals surface area (Å²) in [5.74, 6) is -0.628. The van der Waals surface area contributed by atoms with E-state index in [2.05, 4.69) is 0 Å². The van der Waals surface area contributed by atoms with Gasteiger partial charge in [0.15, 0.2) is 0 Å². The highest BCUT2D eigenvalue weighted by Crippen LogP contribution is 2.33. The molecule has 1 aliphatic rings. The summed E-state index contributed by atoms with van der Waals surface area (Å²) < 4.78 is 16.0. The molecule has 0 saturated carbocycles. The topological polar surface area (TPSA) is 103 Å². The standard InChI is InChI=1S/C25H27NO7S/c1-3-5-13-31-22(27)16-26-23(28)21(34-25(26)30)15-19-11-12-20(33-19)17-7-9-18(10-8-17)24(29)32-14-6-4-2/h7-12,15H,3-6,13-14,16H2,1-2H3/b21-15+. The van der Waals surface area contributed by atoms with Gasteiger partial charge in [0.05, 0.1) is 23.7 Å². The van der Waals surface area contributed by atoms with Crippen molar-refractivity contribution < 1.29 is 33.1 Å². The second-order valence-electron chi connectivity index (χ2n) is 7.61. The maximum absolute atomic E-state index is 12.6. The van der Waals surface area contributed by atoms with Gasteiger partial charge in [-0.2, -0.15) is 0 Å². The number of rotatable bonds is 11. The third-order valence-electron chi connectivity index (χ3n) is 4.96. The van der Waals surface area contributed by atoms with Crippen LogP contribution >= 0.6 is 11.8 Å². The van der Waals surface area contributed by atoms with E-state index >= 15 is 0 Å². The zero-order chi connectivity index (χ0) is 24.5. The number of esters is 2. The van der Waals surface area contributed by atoms with Gasteiger partial charge in [0.2, 0.25) is 0 Å². The molecular weight excluding hydrogens is 458 g/mol. The lowest BCUT2D eigenvalue weighted by Gasteiger charge is -2.11. The number of hydrogen-bond donors (Lipinski definition) is 0. The van der Waals surface area contributed by atoms with Gasteiger partial charge in [-0.3, -0.25) is 19.3 Å². The number of benzene rings is 1. The molecule has 1 aliphatic heterocycles. The minimum absolute atomic E-state index is 0.164. The van der Waals surface area contributed by atoms with Gasteiger partial charge in [0.25, 0.3) is 11.1 Å². The van der Waals surface area contributed by atoms with Gasteiger partial charge in [-0.05, 0) is 48.9 Å². The quantitative estimate of drug-likeness (QED) is 0.240. The van der Waals surface area contributed by atoms with Gasteiger partial charge < -0.3 is 13.9 Å². The Bertz CT molecular complexity index is 1070. The molecule has 0 unspecified atom stereocenters. The second kappa shape index (κ2) is 12.2. The fourth-order valence-electron chi connectivity index (χ4n) is 3.02. The van der Waals surface area contributed by atoms with Gasteiger partial charge >= 0.3 is 11.9 Å². The Balaban J connectivity index is 1.63. The Morgan fingerprint density at radius 1 is 0.971 bits per heavy atom. The average molecular weight is 486 g/mol. The first-order valence-electron chi connectivity index (χ1n) is 11.2. The van der Waals surface area contributed by atoms with Crippen LogP contribution in [0.25, 0.3) is 17.4 Å². The van der Waals surface area contributed by atoms with Crippen molar-refractivity contribution in [3.63, 3.8) is 0 Å². The van der Waals surface area contributed by atoms with Crippen LogP contribution in [0.15, 0.2) is 45.7 Å². The molecule has 9 heteroatoms. The lowest BCUT2D eigenvalue weighted by Crippen LogP contribution is -2.34. The van der Waals surface area contributed by atoms with Crippen molar-refractivity contribution >= 4 is 40.9 Å². The van der Waals surface area contributed by atoms with E-state index in [1.165, 1.54) is 6.08 Å². The number of carbonyl (C=O) groups excluding carboxylic acids is 4. The van der Waals surface area contributed by atoms with Crippen LogP contribution < -0.4 is 0 Å². The molecule has 1 aromatic carbocycles. The zero-order valence-electron chi connectivity index (χ0n) is 19.2. The number of imide groups is 1. The van der Waals surface area contributed by atoms with Crippen molar-refractivity contribution in [2.24, 2.45) is 0 Å². The monoisotopic (exact) mass is 485 g/mol. The van der Waals surface area contributed by atoms with Crippen molar-refractivity contribution in [1.82, 2.24) is 4.90 Å². The minimum atomic E-state index is -0.616. The highest BCUT2D eigenvalue weighted by molar-refractivity contribution is 8.18. The summed E-state index contributed by atoms with van der Waals surface area (Å²) in [6, 6.07) is 10.2. The first-order chi connectivity index (χ1) is 16.4. The number of nitrogens with zero attached hydrogens (tertiary/aromatic N) is 1. The molecule has 34 heavy (non-hydrogen) atoms. The van der Waals surface area contributed by atoms with Crippen molar-refractivity contribution in [2.45, 2.75) is 39.5 Å². The highest BCUT2D eigenvalue weighted by Gasteiger charge is 2.36. The van der Waals surface area contributed by atoms with Crippen LogP contribution in [0.2, 0.25) is 0 Å². The van der Waals surface area contributed by atoms with Crippen LogP contribution in [-0.2, 0) is 19.1 Å². The first-order valence-corrected chi connectivity index (χ1v) is 12.0. The van der Waals surface area contributed by atoms with Crippen molar-refractivity contribution in [3.05, 3.63) is 52.6 Å². The highest BCUT2D eigenvalue weighted by atomic mass is 32.2. The normalized spacial score (nSPS) is 14.6. The van der Waals surface area contributed by atoms with Crippen LogP contribution in [0, 0.1) is 0 Å². The number of furan rings is 1. The fraction of sp³-hybridized carbons (Fsp3) is 0.360. The molecule has 0 radical (unpaired) electrons. The number of ether oxygens (including phenoxy) is 2. The molecule has 2 heterocycles. The molecule has 0 bridgehead atoms. The van der Waals surface area contributed by atoms with E-state index in [9.17, 15) is 19.2 Å². The number of thioether (sulfide) groups is 1. The van der Waals surface area contributed by atoms with E-state index in [1.54, 1.807) is 36.4 Å². The summed E-state index contributed by atoms with van der Waals surface area (Å²) in [5, 5.41) is -0.531. The molecule has 0 aliphatic carbocycles. The third-order valence-corrected chi connectivity index (χ3v) is 5.87. The Kier molecular flexibility index (Phi) is 9.09. The van der Waals surface area contributed by atoms with E-state index < -0.39 is 23.7 Å². The van der Waals surface area contributed by atoms with Crippen LogP contribution in [-0.4, -0.2) is 47.7 Å². The van der Waals surface area contributed by atoms with Crippen molar-refractivity contribution in [2.75, 3.05) is 19.8 Å². The number of unbranched alkanes of at least 4 members (excludes halogenated alkanes) is 2. The van der Waals surface area contributed by atoms with Crippen LogP contribution in [0.5, 0.6) is 0 Å². The van der Waals surface area contributed by atoms with Gasteiger partial charge in [-0.25, -0.2) is 4.79 Å². The lowest BCUT2D eigenvalue weighted by atomic mass is 10.1.